The fraction of sp³-hybridized carbons (Fsp3) is 0.312. The van der Waals surface area contributed by atoms with Crippen molar-refractivity contribution in [2.75, 3.05) is 11.5 Å². The van der Waals surface area contributed by atoms with E-state index < -0.39 is 35.7 Å². The first kappa shape index (κ1) is 18.3. The van der Waals surface area contributed by atoms with Crippen molar-refractivity contribution in [2.24, 2.45) is 11.0 Å². The number of imide groups is 1. The number of rotatable bonds is 3. The molecule has 136 valence electrons. The van der Waals surface area contributed by atoms with Crippen molar-refractivity contribution >= 4 is 58.3 Å². The zero-order valence-corrected chi connectivity index (χ0v) is 15.2. The number of carbonyl (C=O) groups is 4. The molecule has 2 aliphatic rings. The molecule has 0 aliphatic carbocycles. The number of hydrogen-bond acceptors (Lipinski definition) is 6. The van der Waals surface area contributed by atoms with Gasteiger partial charge in [-0.15, -0.1) is 0 Å². The second-order valence-electron chi connectivity index (χ2n) is 5.63. The van der Waals surface area contributed by atoms with E-state index in [-0.39, 0.29) is 28.1 Å². The second kappa shape index (κ2) is 6.69. The minimum Gasteiger partial charge on any atom is -0.461 e. The van der Waals surface area contributed by atoms with Gasteiger partial charge in [0.25, 0.3) is 5.91 Å². The quantitative estimate of drug-likeness (QED) is 0.570. The number of hydrogen-bond donors (Lipinski definition) is 0. The number of fused-ring (bicyclic) bond motifs is 1. The molecule has 2 aliphatic heterocycles. The third-order valence-electron chi connectivity index (χ3n) is 3.96. The van der Waals surface area contributed by atoms with Gasteiger partial charge in [-0.25, -0.2) is 14.7 Å². The normalized spacial score (nSPS) is 21.8. The molecule has 1 aromatic rings. The third-order valence-corrected chi connectivity index (χ3v) is 4.40. The number of esters is 1. The smallest absolute Gasteiger partial charge is 0.355 e. The van der Waals surface area contributed by atoms with Gasteiger partial charge in [0.1, 0.15) is 5.92 Å². The molecule has 10 heteroatoms. The molecule has 1 fully saturated rings. The van der Waals surface area contributed by atoms with E-state index in [1.807, 2.05) is 0 Å². The standard InChI is InChI=1S/C16H13Cl2N3O5/c1-3-26-16(25)12-11-13(21(19-12)7(2)22)15(24)20(14(11)23)10-5-8(17)4-9(18)6-10/h4-6,11,13H,3H2,1-2H3. The highest BCUT2D eigenvalue weighted by Gasteiger charge is 2.59. The van der Waals surface area contributed by atoms with Crippen LogP contribution < -0.4 is 4.90 Å². The van der Waals surface area contributed by atoms with Crippen LogP contribution in [0, 0.1) is 5.92 Å². The number of anilines is 1. The average molecular weight is 398 g/mol. The molecule has 3 amide bonds. The summed E-state index contributed by atoms with van der Waals surface area (Å²) in [7, 11) is 0. The predicted octanol–water partition coefficient (Wildman–Crippen LogP) is 1.63. The summed E-state index contributed by atoms with van der Waals surface area (Å²) in [6.45, 7) is 2.84. The largest absolute Gasteiger partial charge is 0.461 e. The summed E-state index contributed by atoms with van der Waals surface area (Å²) in [5.41, 5.74) is -0.125. The number of ether oxygens (including phenoxy) is 1. The molecule has 1 aromatic carbocycles. The zero-order valence-electron chi connectivity index (χ0n) is 13.7. The third kappa shape index (κ3) is 2.85. The maximum atomic E-state index is 12.9. The van der Waals surface area contributed by atoms with Crippen molar-refractivity contribution in [1.82, 2.24) is 5.01 Å². The van der Waals surface area contributed by atoms with E-state index in [4.69, 9.17) is 27.9 Å². The molecule has 0 radical (unpaired) electrons. The number of carbonyl (C=O) groups excluding carboxylic acids is 4. The van der Waals surface area contributed by atoms with Crippen LogP contribution >= 0.6 is 23.2 Å². The summed E-state index contributed by atoms with van der Waals surface area (Å²) in [6, 6.07) is 3.00. The highest BCUT2D eigenvalue weighted by atomic mass is 35.5. The van der Waals surface area contributed by atoms with Crippen LogP contribution in [0.25, 0.3) is 0 Å². The summed E-state index contributed by atoms with van der Waals surface area (Å²) < 4.78 is 4.89. The minimum absolute atomic E-state index is 0.0606. The summed E-state index contributed by atoms with van der Waals surface area (Å²) >= 11 is 11.9. The van der Waals surface area contributed by atoms with Gasteiger partial charge in [-0.3, -0.25) is 14.4 Å². The number of halogens is 2. The Morgan fingerprint density at radius 3 is 2.31 bits per heavy atom. The average Bonchev–Trinajstić information content (AvgIpc) is 3.04. The maximum Gasteiger partial charge on any atom is 0.355 e. The fourth-order valence-electron chi connectivity index (χ4n) is 2.97. The van der Waals surface area contributed by atoms with Crippen molar-refractivity contribution in [3.63, 3.8) is 0 Å². The molecular formula is C16H13Cl2N3O5. The van der Waals surface area contributed by atoms with Gasteiger partial charge in [-0.2, -0.15) is 5.10 Å². The van der Waals surface area contributed by atoms with Gasteiger partial charge >= 0.3 is 5.97 Å². The Bertz CT molecular complexity index is 849. The van der Waals surface area contributed by atoms with E-state index >= 15 is 0 Å². The lowest BCUT2D eigenvalue weighted by Crippen LogP contribution is -2.41. The molecule has 2 unspecified atom stereocenters. The Morgan fingerprint density at radius 1 is 1.15 bits per heavy atom. The Kier molecular flexibility index (Phi) is 4.72. The lowest BCUT2D eigenvalue weighted by atomic mass is 9.98. The van der Waals surface area contributed by atoms with Crippen molar-refractivity contribution in [3.8, 4) is 0 Å². The van der Waals surface area contributed by atoms with Crippen LogP contribution in [0.3, 0.4) is 0 Å². The van der Waals surface area contributed by atoms with E-state index in [0.29, 0.717) is 0 Å². The molecule has 0 N–H and O–H groups in total. The first-order valence-corrected chi connectivity index (χ1v) is 8.41. The molecule has 2 atom stereocenters. The van der Waals surface area contributed by atoms with Gasteiger partial charge in [-0.05, 0) is 25.1 Å². The van der Waals surface area contributed by atoms with Crippen molar-refractivity contribution in [1.29, 1.82) is 0 Å². The Balaban J connectivity index is 2.06. The lowest BCUT2D eigenvalue weighted by molar-refractivity contribution is -0.136. The number of nitrogens with zero attached hydrogens (tertiary/aromatic N) is 3. The minimum atomic E-state index is -1.24. The van der Waals surface area contributed by atoms with E-state index in [9.17, 15) is 19.2 Å². The number of amides is 3. The van der Waals surface area contributed by atoms with Crippen LogP contribution in [-0.2, 0) is 23.9 Å². The summed E-state index contributed by atoms with van der Waals surface area (Å²) in [5.74, 6) is -4.06. The van der Waals surface area contributed by atoms with Gasteiger partial charge in [-0.1, -0.05) is 23.2 Å². The molecule has 2 heterocycles. The summed E-state index contributed by atoms with van der Waals surface area (Å²) in [5, 5.41) is 5.16. The van der Waals surface area contributed by atoms with E-state index in [1.54, 1.807) is 6.92 Å². The summed E-state index contributed by atoms with van der Waals surface area (Å²) in [6.07, 6.45) is 0. The van der Waals surface area contributed by atoms with Gasteiger partial charge < -0.3 is 4.74 Å². The Labute approximate surface area is 158 Å². The first-order valence-electron chi connectivity index (χ1n) is 7.65. The first-order chi connectivity index (χ1) is 12.3. The lowest BCUT2D eigenvalue weighted by Gasteiger charge is -2.19. The molecule has 0 spiro atoms. The van der Waals surface area contributed by atoms with Gasteiger partial charge in [0.05, 0.1) is 12.3 Å². The highest BCUT2D eigenvalue weighted by Crippen LogP contribution is 2.37. The molecule has 0 saturated carbocycles. The number of hydrazone groups is 1. The van der Waals surface area contributed by atoms with Crippen LogP contribution in [-0.4, -0.2) is 47.1 Å². The van der Waals surface area contributed by atoms with Crippen molar-refractivity contribution in [3.05, 3.63) is 28.2 Å². The van der Waals surface area contributed by atoms with Crippen LogP contribution in [0.4, 0.5) is 5.69 Å². The molecule has 0 bridgehead atoms. The monoisotopic (exact) mass is 397 g/mol. The van der Waals surface area contributed by atoms with E-state index in [2.05, 4.69) is 5.10 Å². The molecule has 1 saturated heterocycles. The van der Waals surface area contributed by atoms with E-state index in [1.165, 1.54) is 25.1 Å². The van der Waals surface area contributed by atoms with Crippen LogP contribution in [0.1, 0.15) is 13.8 Å². The van der Waals surface area contributed by atoms with Gasteiger partial charge in [0, 0.05) is 17.0 Å². The zero-order chi connectivity index (χ0) is 19.2. The molecule has 26 heavy (non-hydrogen) atoms. The van der Waals surface area contributed by atoms with Crippen LogP contribution in [0.15, 0.2) is 23.3 Å². The highest BCUT2D eigenvalue weighted by molar-refractivity contribution is 6.47. The number of benzene rings is 1. The van der Waals surface area contributed by atoms with Gasteiger partial charge in [0.2, 0.25) is 11.8 Å². The van der Waals surface area contributed by atoms with Crippen molar-refractivity contribution < 1.29 is 23.9 Å². The van der Waals surface area contributed by atoms with Gasteiger partial charge in [0.15, 0.2) is 11.8 Å². The second-order valence-corrected chi connectivity index (χ2v) is 6.50. The fourth-order valence-corrected chi connectivity index (χ4v) is 3.49. The molecular weight excluding hydrogens is 385 g/mol. The summed E-state index contributed by atoms with van der Waals surface area (Å²) in [4.78, 5) is 50.6. The van der Waals surface area contributed by atoms with E-state index in [0.717, 1.165) is 9.91 Å². The topological polar surface area (TPSA) is 96.3 Å². The molecule has 8 nitrogen and oxygen atoms in total. The SMILES string of the molecule is CCOC(=O)C1=NN(C(C)=O)C2C(=O)N(c3cc(Cl)cc(Cl)c3)C(=O)C12. The van der Waals surface area contributed by atoms with Crippen LogP contribution in [0.5, 0.6) is 0 Å². The maximum absolute atomic E-state index is 12.9. The molecule has 0 aromatic heterocycles. The predicted molar refractivity (Wildman–Crippen MR) is 92.8 cm³/mol. The Hall–Kier alpha value is -2.45. The Morgan fingerprint density at radius 2 is 1.77 bits per heavy atom. The van der Waals surface area contributed by atoms with Crippen LogP contribution in [0.2, 0.25) is 10.0 Å². The van der Waals surface area contributed by atoms with Crippen molar-refractivity contribution in [2.45, 2.75) is 19.9 Å². The molecule has 3 rings (SSSR count).